The molecule has 0 amide bonds. The Morgan fingerprint density at radius 3 is 2.72 bits per heavy atom. The van der Waals surface area contributed by atoms with Gasteiger partial charge in [0.1, 0.15) is 0 Å². The van der Waals surface area contributed by atoms with E-state index in [4.69, 9.17) is 17.3 Å². The van der Waals surface area contributed by atoms with Crippen LogP contribution in [0, 0.1) is 0 Å². The van der Waals surface area contributed by atoms with Gasteiger partial charge in [0, 0.05) is 16.7 Å². The molecule has 18 heavy (non-hydrogen) atoms. The topological polar surface area (TPSA) is 43.8 Å². The highest BCUT2D eigenvalue weighted by Crippen LogP contribution is 2.29. The lowest BCUT2D eigenvalue weighted by atomic mass is 9.98. The van der Waals surface area contributed by atoms with E-state index < -0.39 is 0 Å². The Morgan fingerprint density at radius 2 is 2.17 bits per heavy atom. The predicted molar refractivity (Wildman–Crippen MR) is 77.8 cm³/mol. The minimum atomic E-state index is -0.0157. The quantitative estimate of drug-likeness (QED) is 0.931. The van der Waals surface area contributed by atoms with Crippen LogP contribution >= 0.6 is 27.5 Å². The fourth-order valence-corrected chi connectivity index (χ4v) is 2.64. The summed E-state index contributed by atoms with van der Waals surface area (Å²) in [5, 5.41) is 4.91. The molecule has 0 aliphatic rings. The van der Waals surface area contributed by atoms with Crippen molar-refractivity contribution in [2.45, 2.75) is 25.4 Å². The first-order valence-corrected chi connectivity index (χ1v) is 7.00. The van der Waals surface area contributed by atoms with Crippen LogP contribution in [0.4, 0.5) is 0 Å². The van der Waals surface area contributed by atoms with Crippen molar-refractivity contribution in [3.05, 3.63) is 51.7 Å². The fraction of sp³-hybridized carbons (Fsp3) is 0.308. The first-order chi connectivity index (χ1) is 8.63. The third-order valence-electron chi connectivity index (χ3n) is 2.96. The van der Waals surface area contributed by atoms with Gasteiger partial charge in [-0.3, -0.25) is 4.68 Å². The molecule has 1 aromatic carbocycles. The van der Waals surface area contributed by atoms with Gasteiger partial charge in [-0.25, -0.2) is 0 Å². The standard InChI is InChI=1S/C13H15BrClN3/c1-2-12(16)13(18-8-9(15)7-17-18)10-5-3-4-6-11(10)14/h3-8,12-13H,2,16H2,1H3. The van der Waals surface area contributed by atoms with E-state index in [1.807, 2.05) is 22.9 Å². The highest BCUT2D eigenvalue weighted by atomic mass is 79.9. The molecule has 0 radical (unpaired) electrons. The molecule has 0 aliphatic carbocycles. The van der Waals surface area contributed by atoms with Crippen molar-refractivity contribution >= 4 is 27.5 Å². The maximum Gasteiger partial charge on any atom is 0.0930 e. The summed E-state index contributed by atoms with van der Waals surface area (Å²) in [5.74, 6) is 0. The van der Waals surface area contributed by atoms with Gasteiger partial charge in [-0.2, -0.15) is 5.10 Å². The molecule has 1 aromatic heterocycles. The van der Waals surface area contributed by atoms with Gasteiger partial charge in [0.2, 0.25) is 0 Å². The van der Waals surface area contributed by atoms with Crippen LogP contribution in [0.15, 0.2) is 41.1 Å². The number of nitrogens with zero attached hydrogens (tertiary/aromatic N) is 2. The first-order valence-electron chi connectivity index (χ1n) is 5.83. The second kappa shape index (κ2) is 5.87. The Morgan fingerprint density at radius 1 is 1.44 bits per heavy atom. The van der Waals surface area contributed by atoms with Gasteiger partial charge in [0.15, 0.2) is 0 Å². The number of benzene rings is 1. The number of hydrogen-bond acceptors (Lipinski definition) is 2. The molecule has 2 rings (SSSR count). The molecule has 1 heterocycles. The van der Waals surface area contributed by atoms with Gasteiger partial charge in [0.25, 0.3) is 0 Å². The van der Waals surface area contributed by atoms with Crippen LogP contribution in [0.1, 0.15) is 24.9 Å². The van der Waals surface area contributed by atoms with Crippen LogP contribution in [0.25, 0.3) is 0 Å². The Labute approximate surface area is 120 Å². The van der Waals surface area contributed by atoms with Crippen LogP contribution in [-0.2, 0) is 0 Å². The van der Waals surface area contributed by atoms with Gasteiger partial charge in [-0.05, 0) is 18.1 Å². The maximum absolute atomic E-state index is 6.23. The second-order valence-electron chi connectivity index (χ2n) is 4.18. The summed E-state index contributed by atoms with van der Waals surface area (Å²) in [4.78, 5) is 0. The summed E-state index contributed by atoms with van der Waals surface area (Å²) in [6, 6.07) is 8.02. The van der Waals surface area contributed by atoms with Crippen molar-refractivity contribution in [2.24, 2.45) is 5.73 Å². The minimum Gasteiger partial charge on any atom is -0.326 e. The normalized spacial score (nSPS) is 14.4. The Kier molecular flexibility index (Phi) is 4.43. The molecule has 0 fully saturated rings. The van der Waals surface area contributed by atoms with Gasteiger partial charge < -0.3 is 5.73 Å². The zero-order chi connectivity index (χ0) is 13.1. The lowest BCUT2D eigenvalue weighted by molar-refractivity contribution is 0.423. The Hall–Kier alpha value is -0.840. The lowest BCUT2D eigenvalue weighted by Crippen LogP contribution is -2.33. The first kappa shape index (κ1) is 13.6. The van der Waals surface area contributed by atoms with Gasteiger partial charge in [0.05, 0.1) is 17.3 Å². The van der Waals surface area contributed by atoms with E-state index in [9.17, 15) is 0 Å². The molecular formula is C13H15BrClN3. The number of rotatable bonds is 4. The van der Waals surface area contributed by atoms with Crippen LogP contribution in [0.2, 0.25) is 5.02 Å². The molecule has 0 saturated heterocycles. The summed E-state index contributed by atoms with van der Waals surface area (Å²) >= 11 is 9.51. The largest absolute Gasteiger partial charge is 0.326 e. The van der Waals surface area contributed by atoms with Gasteiger partial charge >= 0.3 is 0 Å². The summed E-state index contributed by atoms with van der Waals surface area (Å²) in [6.45, 7) is 2.07. The molecule has 2 atom stereocenters. The third-order valence-corrected chi connectivity index (χ3v) is 3.87. The molecular weight excluding hydrogens is 314 g/mol. The van der Waals surface area contributed by atoms with Gasteiger partial charge in [-0.1, -0.05) is 52.7 Å². The van der Waals surface area contributed by atoms with Crippen molar-refractivity contribution in [3.8, 4) is 0 Å². The second-order valence-corrected chi connectivity index (χ2v) is 5.47. The Balaban J connectivity index is 2.47. The molecule has 96 valence electrons. The zero-order valence-corrected chi connectivity index (χ0v) is 12.4. The summed E-state index contributed by atoms with van der Waals surface area (Å²) in [5.41, 5.74) is 7.35. The monoisotopic (exact) mass is 327 g/mol. The van der Waals surface area contributed by atoms with Crippen molar-refractivity contribution in [2.75, 3.05) is 0 Å². The highest BCUT2D eigenvalue weighted by Gasteiger charge is 2.23. The summed E-state index contributed by atoms with van der Waals surface area (Å²) in [7, 11) is 0. The van der Waals surface area contributed by atoms with Crippen molar-refractivity contribution < 1.29 is 0 Å². The van der Waals surface area contributed by atoms with E-state index >= 15 is 0 Å². The molecule has 2 unspecified atom stereocenters. The molecule has 0 saturated carbocycles. The SMILES string of the molecule is CCC(N)C(c1ccccc1Br)n1cc(Cl)cn1. The minimum absolute atomic E-state index is 0.0142. The number of aromatic nitrogens is 2. The Bertz CT molecular complexity index is 526. The van der Waals surface area contributed by atoms with Crippen LogP contribution in [0.5, 0.6) is 0 Å². The number of hydrogen-bond donors (Lipinski definition) is 1. The van der Waals surface area contributed by atoms with E-state index in [1.165, 1.54) is 0 Å². The van der Waals surface area contributed by atoms with Crippen LogP contribution in [-0.4, -0.2) is 15.8 Å². The van der Waals surface area contributed by atoms with E-state index in [0.717, 1.165) is 16.5 Å². The molecule has 0 aliphatic heterocycles. The maximum atomic E-state index is 6.23. The van der Waals surface area contributed by atoms with Crippen molar-refractivity contribution in [1.82, 2.24) is 9.78 Å². The van der Waals surface area contributed by atoms with Crippen molar-refractivity contribution in [1.29, 1.82) is 0 Å². The molecule has 2 N–H and O–H groups in total. The zero-order valence-electron chi connectivity index (χ0n) is 10.1. The average molecular weight is 329 g/mol. The fourth-order valence-electron chi connectivity index (χ4n) is 1.97. The smallest absolute Gasteiger partial charge is 0.0930 e. The lowest BCUT2D eigenvalue weighted by Gasteiger charge is -2.24. The van der Waals surface area contributed by atoms with E-state index in [0.29, 0.717) is 5.02 Å². The summed E-state index contributed by atoms with van der Waals surface area (Å²) < 4.78 is 2.86. The van der Waals surface area contributed by atoms with Crippen LogP contribution < -0.4 is 5.73 Å². The molecule has 2 aromatic rings. The summed E-state index contributed by atoms with van der Waals surface area (Å²) in [6.07, 6.45) is 4.30. The molecule has 0 bridgehead atoms. The van der Waals surface area contributed by atoms with Crippen molar-refractivity contribution in [3.63, 3.8) is 0 Å². The molecule has 0 spiro atoms. The van der Waals surface area contributed by atoms with E-state index in [1.54, 1.807) is 12.4 Å². The predicted octanol–water partition coefficient (Wildman–Crippen LogP) is 3.63. The average Bonchev–Trinajstić information content (AvgIpc) is 2.78. The number of halogens is 2. The molecule has 5 heteroatoms. The van der Waals surface area contributed by atoms with Crippen LogP contribution in [0.3, 0.4) is 0 Å². The number of nitrogens with two attached hydrogens (primary N) is 1. The third kappa shape index (κ3) is 2.76. The van der Waals surface area contributed by atoms with E-state index in [-0.39, 0.29) is 12.1 Å². The molecule has 3 nitrogen and oxygen atoms in total. The van der Waals surface area contributed by atoms with Gasteiger partial charge in [-0.15, -0.1) is 0 Å². The van der Waals surface area contributed by atoms with E-state index in [2.05, 4.69) is 34.0 Å². The highest BCUT2D eigenvalue weighted by molar-refractivity contribution is 9.10.